The molecule has 2 heterocycles. The molecule has 0 radical (unpaired) electrons. The summed E-state index contributed by atoms with van der Waals surface area (Å²) in [5.41, 5.74) is 8.41. The number of piperidine rings is 1. The van der Waals surface area contributed by atoms with Gasteiger partial charge in [-0.25, -0.2) is 0 Å². The van der Waals surface area contributed by atoms with Crippen LogP contribution >= 0.6 is 0 Å². The monoisotopic (exact) mass is 303 g/mol. The topological polar surface area (TPSA) is 73.8 Å². The zero-order valence-corrected chi connectivity index (χ0v) is 13.0. The van der Waals surface area contributed by atoms with Crippen molar-refractivity contribution in [3.63, 3.8) is 0 Å². The molecule has 0 saturated carbocycles. The van der Waals surface area contributed by atoms with Gasteiger partial charge >= 0.3 is 0 Å². The number of aromatic nitrogens is 1. The van der Waals surface area contributed by atoms with Crippen LogP contribution in [0.2, 0.25) is 0 Å². The van der Waals surface area contributed by atoms with Gasteiger partial charge in [0.2, 0.25) is 5.88 Å². The first-order valence-corrected chi connectivity index (χ1v) is 7.46. The highest BCUT2D eigenvalue weighted by molar-refractivity contribution is 5.82. The lowest BCUT2D eigenvalue weighted by molar-refractivity contribution is 0.402. The lowest BCUT2D eigenvalue weighted by Gasteiger charge is -2.30. The van der Waals surface area contributed by atoms with E-state index in [1.165, 1.54) is 19.3 Å². The molecular formula is C16H21N3O3. The van der Waals surface area contributed by atoms with Crippen LogP contribution in [-0.2, 0) is 0 Å². The first kappa shape index (κ1) is 14.6. The van der Waals surface area contributed by atoms with Gasteiger partial charge in [-0.1, -0.05) is 5.16 Å². The van der Waals surface area contributed by atoms with Crippen molar-refractivity contribution in [1.29, 1.82) is 0 Å². The molecule has 0 aliphatic carbocycles. The van der Waals surface area contributed by atoms with Gasteiger partial charge in [0.25, 0.3) is 0 Å². The predicted octanol–water partition coefficient (Wildman–Crippen LogP) is 2.93. The molecule has 0 bridgehead atoms. The van der Waals surface area contributed by atoms with Gasteiger partial charge in [-0.05, 0) is 25.3 Å². The number of rotatable bonds is 4. The summed E-state index contributed by atoms with van der Waals surface area (Å²) in [5, 5.41) is 3.73. The zero-order chi connectivity index (χ0) is 15.5. The van der Waals surface area contributed by atoms with Crippen LogP contribution in [0.5, 0.6) is 11.5 Å². The normalized spacial score (nSPS) is 14.9. The molecule has 2 N–H and O–H groups in total. The van der Waals surface area contributed by atoms with Gasteiger partial charge in [0, 0.05) is 24.7 Å². The molecule has 0 spiro atoms. The quantitative estimate of drug-likeness (QED) is 0.936. The van der Waals surface area contributed by atoms with Crippen LogP contribution in [0.3, 0.4) is 0 Å². The summed E-state index contributed by atoms with van der Waals surface area (Å²) in [6.07, 6.45) is 5.27. The lowest BCUT2D eigenvalue weighted by Crippen LogP contribution is -2.29. The molecule has 6 heteroatoms. The SMILES string of the molecule is COc1cc(N2CCCCC2)c(OC)cc1-c1cnoc1N. The minimum atomic E-state index is 0.270. The zero-order valence-electron chi connectivity index (χ0n) is 13.0. The van der Waals surface area contributed by atoms with E-state index in [0.29, 0.717) is 5.56 Å². The van der Waals surface area contributed by atoms with Gasteiger partial charge in [-0.2, -0.15) is 0 Å². The van der Waals surface area contributed by atoms with Gasteiger partial charge in [0.05, 0.1) is 31.7 Å². The van der Waals surface area contributed by atoms with Crippen molar-refractivity contribution in [1.82, 2.24) is 5.16 Å². The number of ether oxygens (including phenoxy) is 2. The van der Waals surface area contributed by atoms with Crippen molar-refractivity contribution >= 4 is 11.6 Å². The molecule has 0 atom stereocenters. The number of benzene rings is 1. The average Bonchev–Trinajstić information content (AvgIpc) is 3.00. The van der Waals surface area contributed by atoms with E-state index in [2.05, 4.69) is 10.1 Å². The Morgan fingerprint density at radius 1 is 1.05 bits per heavy atom. The van der Waals surface area contributed by atoms with E-state index in [0.717, 1.165) is 35.8 Å². The largest absolute Gasteiger partial charge is 0.496 e. The average molecular weight is 303 g/mol. The number of nitrogens with two attached hydrogens (primary N) is 1. The van der Waals surface area contributed by atoms with E-state index in [9.17, 15) is 0 Å². The summed E-state index contributed by atoms with van der Waals surface area (Å²) in [4.78, 5) is 2.34. The smallest absolute Gasteiger partial charge is 0.230 e. The fraction of sp³-hybridized carbons (Fsp3) is 0.438. The molecule has 2 aromatic rings. The van der Waals surface area contributed by atoms with E-state index in [1.807, 2.05) is 12.1 Å². The first-order valence-electron chi connectivity index (χ1n) is 7.46. The maximum absolute atomic E-state index is 5.83. The molecule has 118 valence electrons. The molecule has 1 saturated heterocycles. The van der Waals surface area contributed by atoms with Crippen molar-refractivity contribution in [3.8, 4) is 22.6 Å². The Morgan fingerprint density at radius 2 is 1.77 bits per heavy atom. The van der Waals surface area contributed by atoms with Crippen LogP contribution < -0.4 is 20.1 Å². The van der Waals surface area contributed by atoms with Crippen molar-refractivity contribution in [2.45, 2.75) is 19.3 Å². The summed E-state index contributed by atoms with van der Waals surface area (Å²) in [7, 11) is 3.32. The highest BCUT2D eigenvalue weighted by Gasteiger charge is 2.21. The van der Waals surface area contributed by atoms with Crippen LogP contribution in [-0.4, -0.2) is 32.5 Å². The molecule has 0 unspecified atom stereocenters. The third-order valence-electron chi connectivity index (χ3n) is 4.09. The van der Waals surface area contributed by atoms with Gasteiger partial charge in [0.1, 0.15) is 11.5 Å². The van der Waals surface area contributed by atoms with Crippen molar-refractivity contribution < 1.29 is 14.0 Å². The van der Waals surface area contributed by atoms with E-state index >= 15 is 0 Å². The van der Waals surface area contributed by atoms with Gasteiger partial charge < -0.3 is 24.6 Å². The second kappa shape index (κ2) is 6.17. The molecule has 6 nitrogen and oxygen atoms in total. The Labute approximate surface area is 129 Å². The van der Waals surface area contributed by atoms with Crippen molar-refractivity contribution in [3.05, 3.63) is 18.3 Å². The minimum absolute atomic E-state index is 0.270. The van der Waals surface area contributed by atoms with Gasteiger partial charge in [0.15, 0.2) is 0 Å². The Balaban J connectivity index is 2.08. The Kier molecular flexibility index (Phi) is 4.09. The molecular weight excluding hydrogens is 282 g/mol. The molecule has 1 fully saturated rings. The predicted molar refractivity (Wildman–Crippen MR) is 85.5 cm³/mol. The van der Waals surface area contributed by atoms with E-state index < -0.39 is 0 Å². The van der Waals surface area contributed by atoms with Crippen LogP contribution in [0.4, 0.5) is 11.6 Å². The number of hydrogen-bond donors (Lipinski definition) is 1. The van der Waals surface area contributed by atoms with Gasteiger partial charge in [-0.15, -0.1) is 0 Å². The van der Waals surface area contributed by atoms with Crippen molar-refractivity contribution in [2.24, 2.45) is 0 Å². The van der Waals surface area contributed by atoms with Gasteiger partial charge in [-0.3, -0.25) is 0 Å². The Bertz CT molecular complexity index is 648. The molecule has 0 amide bonds. The standard InChI is InChI=1S/C16H21N3O3/c1-20-14-9-13(19-6-4-3-5-7-19)15(21-2)8-11(14)12-10-18-22-16(12)17/h8-10H,3-7,17H2,1-2H3. The fourth-order valence-electron chi connectivity index (χ4n) is 2.92. The number of nitrogens with zero attached hydrogens (tertiary/aromatic N) is 2. The summed E-state index contributed by atoms with van der Waals surface area (Å²) >= 11 is 0. The Hall–Kier alpha value is -2.37. The summed E-state index contributed by atoms with van der Waals surface area (Å²) in [6, 6.07) is 3.94. The third kappa shape index (κ3) is 2.56. The maximum Gasteiger partial charge on any atom is 0.230 e. The minimum Gasteiger partial charge on any atom is -0.496 e. The molecule has 1 aliphatic rings. The molecule has 3 rings (SSSR count). The maximum atomic E-state index is 5.83. The van der Waals surface area contributed by atoms with Crippen LogP contribution in [0.25, 0.3) is 11.1 Å². The highest BCUT2D eigenvalue weighted by Crippen LogP contribution is 2.42. The highest BCUT2D eigenvalue weighted by atomic mass is 16.5. The molecule has 22 heavy (non-hydrogen) atoms. The lowest BCUT2D eigenvalue weighted by atomic mass is 10.0. The number of methoxy groups -OCH3 is 2. The fourth-order valence-corrected chi connectivity index (χ4v) is 2.92. The molecule has 1 aromatic carbocycles. The number of nitrogen functional groups attached to an aromatic ring is 1. The van der Waals surface area contributed by atoms with E-state index in [-0.39, 0.29) is 5.88 Å². The summed E-state index contributed by atoms with van der Waals surface area (Å²) < 4.78 is 16.1. The first-order chi connectivity index (χ1) is 10.7. The molecule has 1 aromatic heterocycles. The second-order valence-electron chi connectivity index (χ2n) is 5.38. The second-order valence-corrected chi connectivity index (χ2v) is 5.38. The third-order valence-corrected chi connectivity index (χ3v) is 4.09. The summed E-state index contributed by atoms with van der Waals surface area (Å²) in [6.45, 7) is 2.07. The van der Waals surface area contributed by atoms with Crippen LogP contribution in [0.15, 0.2) is 22.9 Å². The molecule has 1 aliphatic heterocycles. The van der Waals surface area contributed by atoms with E-state index in [4.69, 9.17) is 19.7 Å². The van der Waals surface area contributed by atoms with E-state index in [1.54, 1.807) is 20.4 Å². The summed E-state index contributed by atoms with van der Waals surface area (Å²) in [5.74, 6) is 1.81. The Morgan fingerprint density at radius 3 is 2.36 bits per heavy atom. The van der Waals surface area contributed by atoms with Crippen molar-refractivity contribution in [2.75, 3.05) is 37.9 Å². The number of hydrogen-bond acceptors (Lipinski definition) is 6. The number of anilines is 2. The van der Waals surface area contributed by atoms with Crippen LogP contribution in [0.1, 0.15) is 19.3 Å². The van der Waals surface area contributed by atoms with Crippen LogP contribution in [0, 0.1) is 0 Å².